The van der Waals surface area contributed by atoms with Gasteiger partial charge in [-0.05, 0) is 48.6 Å². The summed E-state index contributed by atoms with van der Waals surface area (Å²) in [6.07, 6.45) is -0.876. The number of rotatable bonds is 7. The van der Waals surface area contributed by atoms with Crippen LogP contribution in [-0.2, 0) is 9.53 Å². The van der Waals surface area contributed by atoms with Crippen LogP contribution in [0.3, 0.4) is 0 Å². The van der Waals surface area contributed by atoms with Crippen LogP contribution in [0.1, 0.15) is 40.8 Å². The Balaban J connectivity index is 1.89. The van der Waals surface area contributed by atoms with Gasteiger partial charge in [0.15, 0.2) is 6.10 Å². The number of thiophene rings is 1. The number of nitrogens with one attached hydrogen (secondary N) is 2. The van der Waals surface area contributed by atoms with Crippen molar-refractivity contribution in [1.82, 2.24) is 5.32 Å². The Hall–Kier alpha value is -2.67. The van der Waals surface area contributed by atoms with Gasteiger partial charge in [-0.2, -0.15) is 0 Å². The van der Waals surface area contributed by atoms with Crippen molar-refractivity contribution in [3.05, 3.63) is 52.2 Å². The lowest BCUT2D eigenvalue weighted by Crippen LogP contribution is -2.37. The van der Waals surface area contributed by atoms with Crippen LogP contribution in [0.5, 0.6) is 0 Å². The van der Waals surface area contributed by atoms with E-state index < -0.39 is 12.1 Å². The predicted octanol–water partition coefficient (Wildman–Crippen LogP) is 3.32. The highest BCUT2D eigenvalue weighted by atomic mass is 32.1. The standard InChI is InChI=1S/C19H22N2O4S/c1-12(2)11-20-17(22)13(3)25-19(24)14-6-8-15(9-7-14)21-18(23)16-5-4-10-26-16/h4-10,12-13H,11H2,1-3H3,(H,20,22)(H,21,23)/t13-/m1/s1. The van der Waals surface area contributed by atoms with Crippen molar-refractivity contribution >= 4 is 34.8 Å². The largest absolute Gasteiger partial charge is 0.449 e. The van der Waals surface area contributed by atoms with Crippen LogP contribution >= 0.6 is 11.3 Å². The molecule has 1 atom stereocenters. The second kappa shape index (κ2) is 9.15. The number of carbonyl (C=O) groups excluding carboxylic acids is 3. The average Bonchev–Trinajstić information content (AvgIpc) is 3.14. The molecule has 2 rings (SSSR count). The van der Waals surface area contributed by atoms with E-state index in [4.69, 9.17) is 4.74 Å². The van der Waals surface area contributed by atoms with Gasteiger partial charge in [-0.15, -0.1) is 11.3 Å². The van der Waals surface area contributed by atoms with Crippen LogP contribution in [-0.4, -0.2) is 30.4 Å². The number of hydrogen-bond donors (Lipinski definition) is 2. The Morgan fingerprint density at radius 3 is 2.35 bits per heavy atom. The van der Waals surface area contributed by atoms with Crippen molar-refractivity contribution in [1.29, 1.82) is 0 Å². The molecule has 1 aromatic carbocycles. The minimum atomic E-state index is -0.876. The number of hydrogen-bond acceptors (Lipinski definition) is 5. The Kier molecular flexibility index (Phi) is 6.91. The number of benzene rings is 1. The van der Waals surface area contributed by atoms with Crippen LogP contribution in [0.4, 0.5) is 5.69 Å². The number of carbonyl (C=O) groups is 3. The van der Waals surface area contributed by atoms with Gasteiger partial charge in [-0.1, -0.05) is 19.9 Å². The van der Waals surface area contributed by atoms with Crippen LogP contribution in [0, 0.1) is 5.92 Å². The van der Waals surface area contributed by atoms with Gasteiger partial charge in [-0.25, -0.2) is 4.79 Å². The van der Waals surface area contributed by atoms with Gasteiger partial charge in [-0.3, -0.25) is 9.59 Å². The maximum absolute atomic E-state index is 12.1. The van der Waals surface area contributed by atoms with E-state index in [2.05, 4.69) is 10.6 Å². The number of ether oxygens (including phenoxy) is 1. The van der Waals surface area contributed by atoms with E-state index in [-0.39, 0.29) is 11.8 Å². The summed E-state index contributed by atoms with van der Waals surface area (Å²) in [6.45, 7) is 6.02. The highest BCUT2D eigenvalue weighted by Gasteiger charge is 2.19. The fourth-order valence-corrected chi connectivity index (χ4v) is 2.64. The molecule has 1 aromatic heterocycles. The van der Waals surface area contributed by atoms with Crippen molar-refractivity contribution in [2.45, 2.75) is 26.9 Å². The van der Waals surface area contributed by atoms with Crippen LogP contribution in [0.15, 0.2) is 41.8 Å². The lowest BCUT2D eigenvalue weighted by atomic mass is 10.2. The third-order valence-electron chi connectivity index (χ3n) is 3.46. The van der Waals surface area contributed by atoms with Gasteiger partial charge in [0.25, 0.3) is 11.8 Å². The second-order valence-electron chi connectivity index (χ2n) is 6.20. The summed E-state index contributed by atoms with van der Waals surface area (Å²) in [4.78, 5) is 36.6. The molecule has 0 bridgehead atoms. The zero-order valence-corrected chi connectivity index (χ0v) is 15.8. The molecular weight excluding hydrogens is 352 g/mol. The summed E-state index contributed by atoms with van der Waals surface area (Å²) in [6, 6.07) is 9.86. The molecule has 0 fully saturated rings. The molecule has 0 spiro atoms. The first-order valence-corrected chi connectivity index (χ1v) is 9.18. The topological polar surface area (TPSA) is 84.5 Å². The van der Waals surface area contributed by atoms with Gasteiger partial charge in [0, 0.05) is 12.2 Å². The summed E-state index contributed by atoms with van der Waals surface area (Å²) < 4.78 is 5.17. The first-order valence-electron chi connectivity index (χ1n) is 8.30. The highest BCUT2D eigenvalue weighted by molar-refractivity contribution is 7.12. The summed E-state index contributed by atoms with van der Waals surface area (Å²) in [5, 5.41) is 7.30. The van der Waals surface area contributed by atoms with Crippen molar-refractivity contribution in [3.63, 3.8) is 0 Å². The summed E-state index contributed by atoms with van der Waals surface area (Å²) in [5.41, 5.74) is 0.880. The van der Waals surface area contributed by atoms with E-state index in [0.717, 1.165) is 0 Å². The molecule has 0 radical (unpaired) electrons. The molecular formula is C19H22N2O4S. The average molecular weight is 374 g/mol. The Bertz CT molecular complexity index is 754. The number of anilines is 1. The molecule has 0 aliphatic rings. The maximum Gasteiger partial charge on any atom is 0.338 e. The van der Waals surface area contributed by atoms with Crippen molar-refractivity contribution in [3.8, 4) is 0 Å². The molecule has 138 valence electrons. The molecule has 2 aromatic rings. The van der Waals surface area contributed by atoms with Crippen molar-refractivity contribution in [2.75, 3.05) is 11.9 Å². The van der Waals surface area contributed by atoms with Crippen molar-refractivity contribution in [2.24, 2.45) is 5.92 Å². The summed E-state index contributed by atoms with van der Waals surface area (Å²) in [5.74, 6) is -0.801. The number of esters is 1. The third-order valence-corrected chi connectivity index (χ3v) is 4.33. The zero-order valence-electron chi connectivity index (χ0n) is 14.9. The van der Waals surface area contributed by atoms with Crippen molar-refractivity contribution < 1.29 is 19.1 Å². The van der Waals surface area contributed by atoms with Crippen LogP contribution < -0.4 is 10.6 Å². The van der Waals surface area contributed by atoms with Gasteiger partial charge >= 0.3 is 5.97 Å². The van der Waals surface area contributed by atoms with Gasteiger partial charge < -0.3 is 15.4 Å². The Labute approximate surface area is 156 Å². The molecule has 1 heterocycles. The maximum atomic E-state index is 12.1. The predicted molar refractivity (Wildman–Crippen MR) is 101 cm³/mol. The van der Waals surface area contributed by atoms with Crippen LogP contribution in [0.25, 0.3) is 0 Å². The summed E-state index contributed by atoms with van der Waals surface area (Å²) in [7, 11) is 0. The SMILES string of the molecule is CC(C)CNC(=O)[C@@H](C)OC(=O)c1ccc(NC(=O)c2cccs2)cc1. The highest BCUT2D eigenvalue weighted by Crippen LogP contribution is 2.15. The normalized spacial score (nSPS) is 11.7. The quantitative estimate of drug-likeness (QED) is 0.728. The van der Waals surface area contributed by atoms with Crippen LogP contribution in [0.2, 0.25) is 0 Å². The monoisotopic (exact) mass is 374 g/mol. The van der Waals surface area contributed by atoms with E-state index in [1.54, 1.807) is 36.4 Å². The first kappa shape index (κ1) is 19.7. The second-order valence-corrected chi connectivity index (χ2v) is 7.14. The Morgan fingerprint density at radius 2 is 1.77 bits per heavy atom. The first-order chi connectivity index (χ1) is 12.4. The molecule has 0 aliphatic carbocycles. The molecule has 6 nitrogen and oxygen atoms in total. The lowest BCUT2D eigenvalue weighted by Gasteiger charge is -2.14. The molecule has 26 heavy (non-hydrogen) atoms. The Morgan fingerprint density at radius 1 is 1.08 bits per heavy atom. The van der Waals surface area contributed by atoms with E-state index in [1.807, 2.05) is 19.2 Å². The van der Waals surface area contributed by atoms with Gasteiger partial charge in [0.2, 0.25) is 0 Å². The molecule has 0 saturated heterocycles. The smallest absolute Gasteiger partial charge is 0.338 e. The summed E-state index contributed by atoms with van der Waals surface area (Å²) >= 11 is 1.35. The van der Waals surface area contributed by atoms with Gasteiger partial charge in [0.1, 0.15) is 0 Å². The van der Waals surface area contributed by atoms with E-state index in [1.165, 1.54) is 18.3 Å². The minimum absolute atomic E-state index is 0.203. The van der Waals surface area contributed by atoms with E-state index in [9.17, 15) is 14.4 Å². The zero-order chi connectivity index (χ0) is 19.1. The molecule has 0 saturated carbocycles. The molecule has 0 unspecified atom stereocenters. The fourth-order valence-electron chi connectivity index (χ4n) is 2.02. The molecule has 2 amide bonds. The van der Waals surface area contributed by atoms with E-state index in [0.29, 0.717) is 28.6 Å². The van der Waals surface area contributed by atoms with E-state index >= 15 is 0 Å². The molecule has 2 N–H and O–H groups in total. The van der Waals surface area contributed by atoms with Gasteiger partial charge in [0.05, 0.1) is 10.4 Å². The fraction of sp³-hybridized carbons (Fsp3) is 0.316. The third kappa shape index (κ3) is 5.70. The lowest BCUT2D eigenvalue weighted by molar-refractivity contribution is -0.129. The number of amides is 2. The molecule has 7 heteroatoms. The molecule has 0 aliphatic heterocycles. The minimum Gasteiger partial charge on any atom is -0.449 e.